The minimum Gasteiger partial charge on any atom is -0.462 e. The second-order valence-corrected chi connectivity index (χ2v) is 19.9. The number of esters is 3. The van der Waals surface area contributed by atoms with E-state index in [1.54, 1.807) is 0 Å². The zero-order valence-corrected chi connectivity index (χ0v) is 44.0. The molecule has 6 nitrogen and oxygen atoms in total. The predicted molar refractivity (Wildman–Crippen MR) is 280 cm³/mol. The summed E-state index contributed by atoms with van der Waals surface area (Å²) in [5.74, 6) is -0.874. The highest BCUT2D eigenvalue weighted by Crippen LogP contribution is 2.18. The van der Waals surface area contributed by atoms with Gasteiger partial charge in [0, 0.05) is 19.3 Å². The summed E-state index contributed by atoms with van der Waals surface area (Å²) in [6.45, 7) is 6.59. The van der Waals surface area contributed by atoms with Crippen LogP contribution in [0.1, 0.15) is 329 Å². The second-order valence-electron chi connectivity index (χ2n) is 19.9. The van der Waals surface area contributed by atoms with Crippen LogP contribution in [0.4, 0.5) is 0 Å². The van der Waals surface area contributed by atoms with Crippen LogP contribution in [0.3, 0.4) is 0 Å². The van der Waals surface area contributed by atoms with Crippen molar-refractivity contribution in [3.63, 3.8) is 0 Å². The first-order valence-corrected chi connectivity index (χ1v) is 29.2. The molecule has 0 aromatic heterocycles. The van der Waals surface area contributed by atoms with E-state index in [-0.39, 0.29) is 31.1 Å². The zero-order valence-electron chi connectivity index (χ0n) is 44.0. The Morgan fingerprint density at radius 3 is 0.769 bits per heavy atom. The van der Waals surface area contributed by atoms with E-state index in [1.165, 1.54) is 218 Å². The van der Waals surface area contributed by atoms with Crippen molar-refractivity contribution in [2.24, 2.45) is 0 Å². The Balaban J connectivity index is 3.93. The van der Waals surface area contributed by atoms with Crippen LogP contribution in [0, 0.1) is 0 Å². The summed E-state index contributed by atoms with van der Waals surface area (Å²) in [5.41, 5.74) is 0. The maximum Gasteiger partial charge on any atom is 0.306 e. The van der Waals surface area contributed by atoms with E-state index < -0.39 is 6.10 Å². The molecular weight excluding hydrogens is 805 g/mol. The fourth-order valence-electron chi connectivity index (χ4n) is 8.85. The molecule has 6 heteroatoms. The average molecular weight is 918 g/mol. The van der Waals surface area contributed by atoms with Crippen LogP contribution in [0.2, 0.25) is 0 Å². The predicted octanol–water partition coefficient (Wildman–Crippen LogP) is 19.3. The van der Waals surface area contributed by atoms with Crippen LogP contribution in [0.15, 0.2) is 12.2 Å². The summed E-state index contributed by atoms with van der Waals surface area (Å²) < 4.78 is 16.7. The summed E-state index contributed by atoms with van der Waals surface area (Å²) >= 11 is 0. The Labute approximate surface area is 405 Å². The Hall–Kier alpha value is -1.85. The molecule has 65 heavy (non-hydrogen) atoms. The molecule has 0 bridgehead atoms. The van der Waals surface area contributed by atoms with Crippen molar-refractivity contribution in [1.29, 1.82) is 0 Å². The summed E-state index contributed by atoms with van der Waals surface area (Å²) in [6, 6.07) is 0. The maximum absolute atomic E-state index is 12.7. The largest absolute Gasteiger partial charge is 0.462 e. The van der Waals surface area contributed by atoms with Gasteiger partial charge in [0.05, 0.1) is 0 Å². The minimum atomic E-state index is -0.766. The normalized spacial score (nSPS) is 12.0. The standard InChI is InChI=1S/C59H112O6/c1-4-7-10-13-15-17-19-21-23-24-25-26-27-28-29-30-31-32-33-34-35-36-38-39-41-43-46-49-52-58(61)64-55-56(54-63-57(60)51-48-45-12-9-6-3)65-59(62)53-50-47-44-42-40-37-22-20-18-16-14-11-8-5-2/h20,22,56H,4-19,21,23-55H2,1-3H3/b22-20-. The molecule has 1 unspecified atom stereocenters. The third kappa shape index (κ3) is 53.0. The highest BCUT2D eigenvalue weighted by molar-refractivity contribution is 5.71. The van der Waals surface area contributed by atoms with Gasteiger partial charge < -0.3 is 14.2 Å². The molecule has 0 saturated heterocycles. The summed E-state index contributed by atoms with van der Waals surface area (Å²) in [5, 5.41) is 0. The first-order chi connectivity index (χ1) is 32.0. The highest BCUT2D eigenvalue weighted by Gasteiger charge is 2.19. The average Bonchev–Trinajstić information content (AvgIpc) is 3.30. The van der Waals surface area contributed by atoms with Crippen LogP contribution in [0.5, 0.6) is 0 Å². The first kappa shape index (κ1) is 63.1. The van der Waals surface area contributed by atoms with Gasteiger partial charge in [-0.15, -0.1) is 0 Å². The van der Waals surface area contributed by atoms with Gasteiger partial charge in [-0.2, -0.15) is 0 Å². The first-order valence-electron chi connectivity index (χ1n) is 29.2. The fourth-order valence-corrected chi connectivity index (χ4v) is 8.85. The molecule has 0 aliphatic rings. The lowest BCUT2D eigenvalue weighted by atomic mass is 10.0. The number of unbranched alkanes of at least 4 members (excludes halogenated alkanes) is 41. The molecule has 1 atom stereocenters. The van der Waals surface area contributed by atoms with Gasteiger partial charge in [0.2, 0.25) is 0 Å². The molecule has 0 saturated carbocycles. The van der Waals surface area contributed by atoms with E-state index in [0.717, 1.165) is 70.6 Å². The molecular formula is C59H112O6. The number of hydrogen-bond acceptors (Lipinski definition) is 6. The molecule has 0 spiro atoms. The van der Waals surface area contributed by atoms with Crippen molar-refractivity contribution in [1.82, 2.24) is 0 Å². The van der Waals surface area contributed by atoms with Gasteiger partial charge in [0.25, 0.3) is 0 Å². The number of allylic oxidation sites excluding steroid dienone is 2. The third-order valence-electron chi connectivity index (χ3n) is 13.3. The van der Waals surface area contributed by atoms with Crippen molar-refractivity contribution >= 4 is 17.9 Å². The van der Waals surface area contributed by atoms with Gasteiger partial charge in [0.1, 0.15) is 13.2 Å². The van der Waals surface area contributed by atoms with E-state index in [0.29, 0.717) is 19.3 Å². The Kier molecular flexibility index (Phi) is 53.2. The molecule has 0 N–H and O–H groups in total. The summed E-state index contributed by atoms with van der Waals surface area (Å²) in [6.07, 6.45) is 62.7. The monoisotopic (exact) mass is 917 g/mol. The molecule has 0 rings (SSSR count). The molecule has 0 fully saturated rings. The number of rotatable bonds is 54. The lowest BCUT2D eigenvalue weighted by Crippen LogP contribution is -2.30. The van der Waals surface area contributed by atoms with Gasteiger partial charge in [-0.3, -0.25) is 14.4 Å². The minimum absolute atomic E-state index is 0.0693. The van der Waals surface area contributed by atoms with E-state index in [2.05, 4.69) is 32.9 Å². The highest BCUT2D eigenvalue weighted by atomic mass is 16.6. The van der Waals surface area contributed by atoms with Crippen LogP contribution < -0.4 is 0 Å². The molecule has 384 valence electrons. The zero-order chi connectivity index (χ0) is 47.2. The Morgan fingerprint density at radius 1 is 0.292 bits per heavy atom. The van der Waals surface area contributed by atoms with Crippen LogP contribution >= 0.6 is 0 Å². The molecule has 0 amide bonds. The molecule has 0 radical (unpaired) electrons. The summed E-state index contributed by atoms with van der Waals surface area (Å²) in [4.78, 5) is 37.7. The molecule has 0 aliphatic carbocycles. The lowest BCUT2D eigenvalue weighted by molar-refractivity contribution is -0.167. The van der Waals surface area contributed by atoms with E-state index in [1.807, 2.05) is 0 Å². The molecule has 0 aromatic carbocycles. The van der Waals surface area contributed by atoms with Gasteiger partial charge in [0.15, 0.2) is 6.10 Å². The molecule has 0 heterocycles. The van der Waals surface area contributed by atoms with Crippen LogP contribution in [-0.4, -0.2) is 37.2 Å². The third-order valence-corrected chi connectivity index (χ3v) is 13.3. The fraction of sp³-hybridized carbons (Fsp3) is 0.915. The summed E-state index contributed by atoms with van der Waals surface area (Å²) in [7, 11) is 0. The number of carbonyl (C=O) groups is 3. The number of hydrogen-bond donors (Lipinski definition) is 0. The molecule has 0 aliphatic heterocycles. The Morgan fingerprint density at radius 2 is 0.508 bits per heavy atom. The van der Waals surface area contributed by atoms with Crippen molar-refractivity contribution in [3.05, 3.63) is 12.2 Å². The number of carbonyl (C=O) groups excluding carboxylic acids is 3. The van der Waals surface area contributed by atoms with Crippen molar-refractivity contribution in [3.8, 4) is 0 Å². The van der Waals surface area contributed by atoms with E-state index >= 15 is 0 Å². The topological polar surface area (TPSA) is 78.9 Å². The van der Waals surface area contributed by atoms with Gasteiger partial charge in [-0.25, -0.2) is 0 Å². The van der Waals surface area contributed by atoms with E-state index in [9.17, 15) is 14.4 Å². The van der Waals surface area contributed by atoms with Crippen molar-refractivity contribution in [2.75, 3.05) is 13.2 Å². The maximum atomic E-state index is 12.7. The van der Waals surface area contributed by atoms with Crippen molar-refractivity contribution in [2.45, 2.75) is 335 Å². The van der Waals surface area contributed by atoms with Gasteiger partial charge in [-0.1, -0.05) is 277 Å². The SMILES string of the molecule is CCCCCCC/C=C\CCCCCCCC(=O)OC(COC(=O)CCCCCCC)COC(=O)CCCCCCCCCCCCCCCCCCCCCCCCCCCCCC. The second kappa shape index (κ2) is 54.8. The van der Waals surface area contributed by atoms with Gasteiger partial charge >= 0.3 is 17.9 Å². The molecule has 0 aromatic rings. The van der Waals surface area contributed by atoms with Crippen molar-refractivity contribution < 1.29 is 28.6 Å². The lowest BCUT2D eigenvalue weighted by Gasteiger charge is -2.18. The van der Waals surface area contributed by atoms with Crippen LogP contribution in [-0.2, 0) is 28.6 Å². The quantitative estimate of drug-likeness (QED) is 0.0262. The Bertz CT molecular complexity index is 1010. The van der Waals surface area contributed by atoms with E-state index in [4.69, 9.17) is 14.2 Å². The van der Waals surface area contributed by atoms with Crippen LogP contribution in [0.25, 0.3) is 0 Å². The van der Waals surface area contributed by atoms with Gasteiger partial charge in [-0.05, 0) is 44.9 Å². The number of ether oxygens (including phenoxy) is 3. The smallest absolute Gasteiger partial charge is 0.306 e.